The van der Waals surface area contributed by atoms with Crippen molar-refractivity contribution in [2.75, 3.05) is 12.0 Å². The standard InChI is InChI=1S/C24H32N6O8S/c1-39-7-6-17(22(35)30-19(24(37)38)10-20(32)33)28-23(36)18(8-13-2-4-15(31)5-3-13)29-21(34)16(25)9-14-11-26-12-27-14/h2-5,11-12,16-19,31H,6-10,25H2,1H3,(H,26,27)(H,28,36)(H,29,34)(H,30,35)(H,32,33)(H,37,38). The molecule has 212 valence electrons. The van der Waals surface area contributed by atoms with Crippen LogP contribution in [-0.2, 0) is 36.8 Å². The van der Waals surface area contributed by atoms with E-state index in [1.165, 1.54) is 36.4 Å². The number of H-pyrrole nitrogens is 1. The molecule has 0 radical (unpaired) electrons. The Bertz CT molecular complexity index is 1130. The van der Waals surface area contributed by atoms with Crippen molar-refractivity contribution in [2.45, 2.75) is 49.9 Å². The first kappa shape index (κ1) is 31.1. The summed E-state index contributed by atoms with van der Waals surface area (Å²) in [6.07, 6.45) is 4.09. The van der Waals surface area contributed by atoms with Crippen LogP contribution in [-0.4, -0.2) is 91.1 Å². The van der Waals surface area contributed by atoms with Crippen LogP contribution < -0.4 is 21.7 Å². The summed E-state index contributed by atoms with van der Waals surface area (Å²) in [4.78, 5) is 68.2. The van der Waals surface area contributed by atoms with Crippen molar-refractivity contribution in [3.63, 3.8) is 0 Å². The smallest absolute Gasteiger partial charge is 0.326 e. The zero-order chi connectivity index (χ0) is 28.9. The summed E-state index contributed by atoms with van der Waals surface area (Å²) in [5.74, 6) is -4.79. The number of nitrogens with one attached hydrogen (secondary N) is 4. The third-order valence-electron chi connectivity index (χ3n) is 5.58. The summed E-state index contributed by atoms with van der Waals surface area (Å²) in [6, 6.07) is 0.840. The molecule has 4 unspecified atom stereocenters. The van der Waals surface area contributed by atoms with Gasteiger partial charge in [0.05, 0.1) is 18.8 Å². The fourth-order valence-electron chi connectivity index (χ4n) is 3.51. The number of benzene rings is 1. The van der Waals surface area contributed by atoms with E-state index in [9.17, 15) is 34.2 Å². The maximum absolute atomic E-state index is 13.3. The van der Waals surface area contributed by atoms with Crippen LogP contribution >= 0.6 is 11.8 Å². The number of nitrogens with two attached hydrogens (primary N) is 1. The van der Waals surface area contributed by atoms with Gasteiger partial charge < -0.3 is 42.0 Å². The predicted molar refractivity (Wildman–Crippen MR) is 141 cm³/mol. The molecule has 39 heavy (non-hydrogen) atoms. The van der Waals surface area contributed by atoms with Crippen molar-refractivity contribution >= 4 is 41.4 Å². The number of aliphatic carboxylic acids is 2. The van der Waals surface area contributed by atoms with Crippen LogP contribution in [0.5, 0.6) is 5.75 Å². The molecule has 1 aromatic heterocycles. The number of nitrogens with zero attached hydrogens (tertiary/aromatic N) is 1. The molecule has 15 heteroatoms. The van der Waals surface area contributed by atoms with Gasteiger partial charge in [0.2, 0.25) is 17.7 Å². The van der Waals surface area contributed by atoms with E-state index in [0.29, 0.717) is 17.0 Å². The first-order chi connectivity index (χ1) is 18.5. The van der Waals surface area contributed by atoms with Crippen LogP contribution in [0, 0.1) is 0 Å². The Balaban J connectivity index is 2.21. The minimum Gasteiger partial charge on any atom is -0.508 e. The van der Waals surface area contributed by atoms with Gasteiger partial charge in [-0.3, -0.25) is 19.2 Å². The summed E-state index contributed by atoms with van der Waals surface area (Å²) in [5.41, 5.74) is 7.22. The fraction of sp³-hybridized carbons (Fsp3) is 0.417. The number of carbonyl (C=O) groups excluding carboxylic acids is 3. The number of aromatic hydroxyl groups is 1. The molecule has 2 aromatic rings. The van der Waals surface area contributed by atoms with Gasteiger partial charge in [0.1, 0.15) is 23.9 Å². The zero-order valence-electron chi connectivity index (χ0n) is 21.1. The van der Waals surface area contributed by atoms with Gasteiger partial charge in [-0.1, -0.05) is 12.1 Å². The van der Waals surface area contributed by atoms with Gasteiger partial charge in [-0.05, 0) is 36.1 Å². The summed E-state index contributed by atoms with van der Waals surface area (Å²) >= 11 is 1.38. The summed E-state index contributed by atoms with van der Waals surface area (Å²) in [6.45, 7) is 0. The first-order valence-electron chi connectivity index (χ1n) is 11.9. The highest BCUT2D eigenvalue weighted by atomic mass is 32.2. The minimum atomic E-state index is -1.70. The van der Waals surface area contributed by atoms with E-state index in [1.54, 1.807) is 18.4 Å². The number of imidazole rings is 1. The van der Waals surface area contributed by atoms with Crippen LogP contribution in [0.4, 0.5) is 0 Å². The number of carbonyl (C=O) groups is 5. The molecular weight excluding hydrogens is 532 g/mol. The van der Waals surface area contributed by atoms with Gasteiger partial charge in [-0.15, -0.1) is 0 Å². The Morgan fingerprint density at radius 1 is 0.949 bits per heavy atom. The maximum atomic E-state index is 13.3. The molecule has 4 atom stereocenters. The summed E-state index contributed by atoms with van der Waals surface area (Å²) in [7, 11) is 0. The van der Waals surface area contributed by atoms with E-state index in [4.69, 9.17) is 10.8 Å². The number of thioether (sulfide) groups is 1. The molecule has 0 aliphatic heterocycles. The third-order valence-corrected chi connectivity index (χ3v) is 6.22. The van der Waals surface area contributed by atoms with Gasteiger partial charge in [0.15, 0.2) is 0 Å². The largest absolute Gasteiger partial charge is 0.508 e. The van der Waals surface area contributed by atoms with Crippen molar-refractivity contribution in [1.29, 1.82) is 0 Å². The number of carboxylic acid groups (broad SMARTS) is 2. The number of hydrogen-bond donors (Lipinski definition) is 8. The van der Waals surface area contributed by atoms with E-state index < -0.39 is 60.2 Å². The molecule has 0 fully saturated rings. The average molecular weight is 565 g/mol. The monoisotopic (exact) mass is 564 g/mol. The Morgan fingerprint density at radius 3 is 2.13 bits per heavy atom. The SMILES string of the molecule is CSCCC(NC(=O)C(Cc1ccc(O)cc1)NC(=O)C(N)Cc1cnc[nH]1)C(=O)NC(CC(=O)O)C(=O)O. The number of carboxylic acids is 2. The first-order valence-corrected chi connectivity index (χ1v) is 13.2. The lowest BCUT2D eigenvalue weighted by Crippen LogP contribution is -2.58. The number of rotatable bonds is 16. The molecule has 0 aliphatic carbocycles. The number of aromatic amines is 1. The molecule has 0 spiro atoms. The molecule has 0 bridgehead atoms. The number of phenols is 1. The fourth-order valence-corrected chi connectivity index (χ4v) is 3.98. The molecule has 2 rings (SSSR count). The van der Waals surface area contributed by atoms with Crippen molar-refractivity contribution in [3.8, 4) is 5.75 Å². The van der Waals surface area contributed by atoms with Gasteiger partial charge >= 0.3 is 11.9 Å². The van der Waals surface area contributed by atoms with Crippen molar-refractivity contribution in [2.24, 2.45) is 5.73 Å². The van der Waals surface area contributed by atoms with E-state index >= 15 is 0 Å². The highest BCUT2D eigenvalue weighted by Gasteiger charge is 2.31. The van der Waals surface area contributed by atoms with E-state index in [1.807, 2.05) is 0 Å². The second kappa shape index (κ2) is 15.3. The van der Waals surface area contributed by atoms with Crippen LogP contribution in [0.15, 0.2) is 36.8 Å². The van der Waals surface area contributed by atoms with E-state index in [-0.39, 0.29) is 25.0 Å². The molecule has 1 aromatic carbocycles. The van der Waals surface area contributed by atoms with E-state index in [2.05, 4.69) is 25.9 Å². The highest BCUT2D eigenvalue weighted by Crippen LogP contribution is 2.12. The van der Waals surface area contributed by atoms with Crippen LogP contribution in [0.3, 0.4) is 0 Å². The topological polar surface area (TPSA) is 237 Å². The van der Waals surface area contributed by atoms with Crippen molar-refractivity contribution in [1.82, 2.24) is 25.9 Å². The lowest BCUT2D eigenvalue weighted by Gasteiger charge is -2.25. The Morgan fingerprint density at radius 2 is 1.56 bits per heavy atom. The molecule has 0 aliphatic rings. The van der Waals surface area contributed by atoms with Gasteiger partial charge in [-0.2, -0.15) is 11.8 Å². The van der Waals surface area contributed by atoms with Gasteiger partial charge in [0, 0.05) is 24.7 Å². The normalized spacial score (nSPS) is 13.9. The van der Waals surface area contributed by atoms with Crippen molar-refractivity contribution in [3.05, 3.63) is 48.0 Å². The van der Waals surface area contributed by atoms with Crippen LogP contribution in [0.2, 0.25) is 0 Å². The number of hydrogen-bond acceptors (Lipinski definition) is 9. The predicted octanol–water partition coefficient (Wildman–Crippen LogP) is -1.01. The molecule has 3 amide bonds. The van der Waals surface area contributed by atoms with Gasteiger partial charge in [-0.25, -0.2) is 9.78 Å². The minimum absolute atomic E-state index is 0.00788. The lowest BCUT2D eigenvalue weighted by molar-refractivity contribution is -0.147. The second-order valence-electron chi connectivity index (χ2n) is 8.66. The van der Waals surface area contributed by atoms with Crippen LogP contribution in [0.1, 0.15) is 24.1 Å². The average Bonchev–Trinajstić information content (AvgIpc) is 3.39. The number of aromatic nitrogens is 2. The molecule has 0 saturated heterocycles. The third kappa shape index (κ3) is 10.6. The maximum Gasteiger partial charge on any atom is 0.326 e. The summed E-state index contributed by atoms with van der Waals surface area (Å²) < 4.78 is 0. The molecule has 1 heterocycles. The lowest BCUT2D eigenvalue weighted by atomic mass is 10.0. The molecule has 14 nitrogen and oxygen atoms in total. The summed E-state index contributed by atoms with van der Waals surface area (Å²) in [5, 5.41) is 35.1. The van der Waals surface area contributed by atoms with Crippen molar-refractivity contribution < 1.29 is 39.3 Å². The quantitative estimate of drug-likeness (QED) is 0.123. The Labute approximate surface area is 228 Å². The second-order valence-corrected chi connectivity index (χ2v) is 9.64. The van der Waals surface area contributed by atoms with E-state index in [0.717, 1.165) is 0 Å². The Kier molecular flexibility index (Phi) is 12.2. The zero-order valence-corrected chi connectivity index (χ0v) is 21.9. The van der Waals surface area contributed by atoms with Crippen LogP contribution in [0.25, 0.3) is 0 Å². The Hall–Kier alpha value is -4.11. The molecule has 9 N–H and O–H groups in total. The number of amides is 3. The highest BCUT2D eigenvalue weighted by molar-refractivity contribution is 7.98. The van der Waals surface area contributed by atoms with Gasteiger partial charge in [0.25, 0.3) is 0 Å². The number of phenolic OH excluding ortho intramolecular Hbond substituents is 1. The molecular formula is C24H32N6O8S. The molecule has 0 saturated carbocycles.